The van der Waals surface area contributed by atoms with E-state index in [0.717, 1.165) is 22.6 Å². The number of hydrogen-bond donors (Lipinski definition) is 1. The smallest absolute Gasteiger partial charge is 0.345 e. The van der Waals surface area contributed by atoms with Crippen LogP contribution in [0.25, 0.3) is 10.1 Å². The van der Waals surface area contributed by atoms with Crippen molar-refractivity contribution in [2.24, 2.45) is 0 Å². The number of carbonyl (C=O) groups excluding carboxylic acids is 1. The molecule has 2 aliphatic rings. The van der Waals surface area contributed by atoms with Crippen LogP contribution >= 0.6 is 39.0 Å². The highest BCUT2D eigenvalue weighted by molar-refractivity contribution is 9.09. The third-order valence-corrected chi connectivity index (χ3v) is 13.0. The van der Waals surface area contributed by atoms with Crippen molar-refractivity contribution >= 4 is 82.4 Å². The van der Waals surface area contributed by atoms with Gasteiger partial charge in [-0.05, 0) is 53.1 Å². The monoisotopic (exact) mass is 711 g/mol. The molecule has 4 aromatic rings. The lowest BCUT2D eigenvalue weighted by atomic mass is 10.1. The maximum Gasteiger partial charge on any atom is 0.345 e. The predicted octanol–water partition coefficient (Wildman–Crippen LogP) is 6.08. The van der Waals surface area contributed by atoms with E-state index in [-0.39, 0.29) is 32.3 Å². The van der Waals surface area contributed by atoms with E-state index in [2.05, 4.69) is 20.8 Å². The van der Waals surface area contributed by atoms with Gasteiger partial charge in [-0.2, -0.15) is 0 Å². The molecule has 8 nitrogen and oxygen atoms in total. The number of thioether (sulfide) groups is 1. The van der Waals surface area contributed by atoms with Crippen LogP contribution in [0, 0.1) is 0 Å². The first kappa shape index (κ1) is 30.7. The minimum absolute atomic E-state index is 0.0197. The number of rotatable bonds is 9. The Morgan fingerprint density at radius 1 is 0.955 bits per heavy atom. The van der Waals surface area contributed by atoms with Gasteiger partial charge in [0.25, 0.3) is 10.0 Å². The highest BCUT2D eigenvalue weighted by atomic mass is 79.9. The van der Waals surface area contributed by atoms with Gasteiger partial charge >= 0.3 is 5.97 Å². The Kier molecular flexibility index (Phi) is 9.04. The highest BCUT2D eigenvalue weighted by Crippen LogP contribution is 2.37. The lowest BCUT2D eigenvalue weighted by Crippen LogP contribution is -2.52. The molecule has 6 rings (SSSR count). The van der Waals surface area contributed by atoms with E-state index in [1.54, 1.807) is 24.3 Å². The van der Waals surface area contributed by atoms with Crippen LogP contribution < -0.4 is 9.21 Å². The number of allylic oxidation sites excluding steroid dienone is 1. The summed E-state index contributed by atoms with van der Waals surface area (Å²) in [5.74, 6) is -0.932. The summed E-state index contributed by atoms with van der Waals surface area (Å²) in [7, 11) is -4.04. The van der Waals surface area contributed by atoms with Gasteiger partial charge in [0.15, 0.2) is 0 Å². The minimum Gasteiger partial charge on any atom is -0.477 e. The summed E-state index contributed by atoms with van der Waals surface area (Å²) >= 11 is 6.17. The fourth-order valence-corrected chi connectivity index (χ4v) is 9.93. The lowest BCUT2D eigenvalue weighted by molar-refractivity contribution is -0.130. The van der Waals surface area contributed by atoms with Gasteiger partial charge in [0, 0.05) is 37.4 Å². The molecule has 1 N–H and O–H groups in total. The van der Waals surface area contributed by atoms with E-state index >= 15 is 0 Å². The van der Waals surface area contributed by atoms with Crippen LogP contribution in [0.3, 0.4) is 0 Å². The molecule has 0 bridgehead atoms. The van der Waals surface area contributed by atoms with Crippen molar-refractivity contribution in [3.8, 4) is 0 Å². The number of fused-ring (bicyclic) bond motifs is 1. The van der Waals surface area contributed by atoms with Crippen molar-refractivity contribution in [3.63, 3.8) is 0 Å². The number of nitrogens with zero attached hydrogens (tertiary/aromatic N) is 3. The van der Waals surface area contributed by atoms with Crippen LogP contribution in [-0.4, -0.2) is 73.1 Å². The van der Waals surface area contributed by atoms with Gasteiger partial charge in [0.2, 0.25) is 5.91 Å². The maximum atomic E-state index is 14.4. The van der Waals surface area contributed by atoms with Gasteiger partial charge in [-0.3, -0.25) is 9.10 Å². The van der Waals surface area contributed by atoms with Crippen molar-refractivity contribution in [2.75, 3.05) is 41.9 Å². The summed E-state index contributed by atoms with van der Waals surface area (Å²) in [4.78, 5) is 29.0. The van der Waals surface area contributed by atoms with Gasteiger partial charge in [0.1, 0.15) is 10.1 Å². The quantitative estimate of drug-likeness (QED) is 0.210. The molecule has 3 heterocycles. The number of aromatic carboxylic acids is 1. The van der Waals surface area contributed by atoms with Crippen molar-refractivity contribution in [1.29, 1.82) is 0 Å². The number of hydrogen-bond acceptors (Lipinski definition) is 7. The van der Waals surface area contributed by atoms with Gasteiger partial charge in [-0.15, -0.1) is 23.1 Å². The summed E-state index contributed by atoms with van der Waals surface area (Å²) in [6.45, 7) is 2.45. The largest absolute Gasteiger partial charge is 0.477 e. The number of benzene rings is 3. The first-order chi connectivity index (χ1) is 21.2. The average Bonchev–Trinajstić information content (AvgIpc) is 3.67. The number of thiophene rings is 1. The van der Waals surface area contributed by atoms with Crippen molar-refractivity contribution < 1.29 is 23.1 Å². The van der Waals surface area contributed by atoms with Gasteiger partial charge in [-0.1, -0.05) is 70.5 Å². The summed E-state index contributed by atoms with van der Waals surface area (Å²) in [5.41, 5.74) is 2.37. The predicted molar refractivity (Wildman–Crippen MR) is 182 cm³/mol. The van der Waals surface area contributed by atoms with E-state index in [1.165, 1.54) is 16.1 Å². The number of carboxylic acid groups (broad SMARTS) is 1. The molecule has 0 aliphatic carbocycles. The van der Waals surface area contributed by atoms with E-state index in [4.69, 9.17) is 0 Å². The molecular formula is C32H30BrN3O5S3. The summed E-state index contributed by atoms with van der Waals surface area (Å²) in [6.07, 6.45) is 2.49. The Hall–Kier alpha value is -3.32. The molecule has 1 aromatic heterocycles. The molecule has 1 fully saturated rings. The number of alkyl halides is 1. The number of sulfonamides is 1. The molecule has 0 spiro atoms. The van der Waals surface area contributed by atoms with Crippen LogP contribution in [0.4, 0.5) is 11.4 Å². The van der Waals surface area contributed by atoms with Crippen molar-refractivity contribution in [3.05, 3.63) is 101 Å². The third-order valence-electron chi connectivity index (χ3n) is 7.84. The Morgan fingerprint density at radius 2 is 1.68 bits per heavy atom. The van der Waals surface area contributed by atoms with Crippen LogP contribution in [-0.2, 0) is 21.2 Å². The molecule has 1 amide bonds. The zero-order valence-electron chi connectivity index (χ0n) is 23.6. The fourth-order valence-electron chi connectivity index (χ4n) is 5.52. The summed E-state index contributed by atoms with van der Waals surface area (Å²) in [5, 5.41) is 11.9. The Morgan fingerprint density at radius 3 is 2.39 bits per heavy atom. The van der Waals surface area contributed by atoms with E-state index < -0.39 is 16.0 Å². The second kappa shape index (κ2) is 13.0. The second-order valence-corrected chi connectivity index (χ2v) is 15.6. The van der Waals surface area contributed by atoms with E-state index in [0.29, 0.717) is 48.4 Å². The molecule has 12 heteroatoms. The number of piperazine rings is 1. The highest BCUT2D eigenvalue weighted by Gasteiger charge is 2.35. The summed E-state index contributed by atoms with van der Waals surface area (Å²) in [6, 6.07) is 23.6. The molecule has 0 saturated carbocycles. The number of carbonyl (C=O) groups is 2. The maximum absolute atomic E-state index is 14.4. The van der Waals surface area contributed by atoms with Crippen molar-refractivity contribution in [1.82, 2.24) is 4.90 Å². The molecular weight excluding hydrogens is 682 g/mol. The van der Waals surface area contributed by atoms with Gasteiger partial charge in [0.05, 0.1) is 21.1 Å². The lowest BCUT2D eigenvalue weighted by Gasteiger charge is -2.39. The summed E-state index contributed by atoms with van der Waals surface area (Å²) < 4.78 is 30.9. The van der Waals surface area contributed by atoms with Crippen LogP contribution in [0.2, 0.25) is 0 Å². The fraction of sp³-hybridized carbons (Fsp3) is 0.250. The molecule has 1 saturated heterocycles. The zero-order valence-corrected chi connectivity index (χ0v) is 27.6. The number of anilines is 2. The minimum atomic E-state index is -4.04. The molecule has 3 aromatic carbocycles. The normalized spacial score (nSPS) is 18.6. The molecule has 2 aliphatic heterocycles. The van der Waals surface area contributed by atoms with Gasteiger partial charge < -0.3 is 14.9 Å². The molecule has 2 atom stereocenters. The van der Waals surface area contributed by atoms with Gasteiger partial charge in [-0.25, -0.2) is 13.2 Å². The zero-order chi connectivity index (χ0) is 30.8. The number of carboxylic acids is 1. The molecule has 0 radical (unpaired) electrons. The second-order valence-electron chi connectivity index (χ2n) is 10.6. The molecule has 228 valence electrons. The van der Waals surface area contributed by atoms with Crippen molar-refractivity contribution in [2.45, 2.75) is 21.4 Å². The average molecular weight is 713 g/mol. The SMILES string of the molecule is O=C(O)c1cc2ccc(S(=O)(=O)N(CCc3ccccc3)c3ccccc3N3CCN(C(=O)C4SC=CC4Br)CC3)cc2s1. The Bertz CT molecular complexity index is 1820. The standard InChI is InChI=1S/C32H30BrN3O5S3/c33-25-13-19-42-30(25)31(37)35-17-15-34(16-18-35)26-8-4-5-9-27(26)36(14-12-22-6-2-1-3-7-22)44(40,41)24-11-10-23-20-29(32(38)39)43-28(23)21-24/h1-11,13,19-21,25,30H,12,14-18H2,(H,38,39). The van der Waals surface area contributed by atoms with E-state index in [9.17, 15) is 23.1 Å². The first-order valence-electron chi connectivity index (χ1n) is 14.1. The van der Waals surface area contributed by atoms with E-state index in [1.807, 2.05) is 71.0 Å². The number of halogens is 1. The molecule has 44 heavy (non-hydrogen) atoms. The third kappa shape index (κ3) is 6.26. The Balaban J connectivity index is 1.31. The molecule has 2 unspecified atom stereocenters. The Labute approximate surface area is 273 Å². The number of para-hydroxylation sites is 2. The van der Waals surface area contributed by atoms with Crippen LogP contribution in [0.1, 0.15) is 15.2 Å². The topological polar surface area (TPSA) is 98.2 Å². The number of amides is 1. The van der Waals surface area contributed by atoms with Crippen LogP contribution in [0.15, 0.2) is 95.2 Å². The van der Waals surface area contributed by atoms with Crippen LogP contribution in [0.5, 0.6) is 0 Å². The first-order valence-corrected chi connectivity index (χ1v) is 18.3.